The summed E-state index contributed by atoms with van der Waals surface area (Å²) in [4.78, 5) is 36.2. The molecule has 34 heavy (non-hydrogen) atoms. The molecule has 10 heteroatoms. The number of hydrazone groups is 1. The number of hydrogen-bond donors (Lipinski definition) is 2. The number of esters is 1. The summed E-state index contributed by atoms with van der Waals surface area (Å²) in [5.74, 6) is -1.47. The van der Waals surface area contributed by atoms with Crippen LogP contribution in [0.1, 0.15) is 22.8 Å². The van der Waals surface area contributed by atoms with Crippen LogP contribution in [0.4, 0.5) is 5.69 Å². The number of nitrogens with zero attached hydrogens (tertiary/aromatic N) is 1. The Bertz CT molecular complexity index is 1210. The van der Waals surface area contributed by atoms with Gasteiger partial charge in [0.1, 0.15) is 11.5 Å². The van der Waals surface area contributed by atoms with E-state index in [-0.39, 0.29) is 10.7 Å². The number of carbonyl (C=O) groups excluding carboxylic acids is 3. The normalized spacial score (nSPS) is 10.6. The lowest BCUT2D eigenvalue weighted by molar-refractivity contribution is -0.136. The minimum Gasteiger partial charge on any atom is -0.494 e. The van der Waals surface area contributed by atoms with Crippen LogP contribution >= 0.6 is 23.2 Å². The van der Waals surface area contributed by atoms with Crippen LogP contribution in [0.5, 0.6) is 11.5 Å². The Kier molecular flexibility index (Phi) is 8.61. The van der Waals surface area contributed by atoms with Gasteiger partial charge in [-0.05, 0) is 79.2 Å². The molecule has 0 saturated carbocycles. The maximum Gasteiger partial charge on any atom is 0.343 e. The van der Waals surface area contributed by atoms with Crippen LogP contribution < -0.4 is 20.2 Å². The van der Waals surface area contributed by atoms with Gasteiger partial charge in [0, 0.05) is 5.02 Å². The zero-order valence-corrected chi connectivity index (χ0v) is 19.4. The number of amides is 2. The lowest BCUT2D eigenvalue weighted by Crippen LogP contribution is -2.32. The van der Waals surface area contributed by atoms with E-state index in [0.29, 0.717) is 34.3 Å². The maximum atomic E-state index is 12.3. The summed E-state index contributed by atoms with van der Waals surface area (Å²) in [5, 5.41) is 6.68. The number of anilines is 1. The second kappa shape index (κ2) is 11.8. The van der Waals surface area contributed by atoms with Crippen molar-refractivity contribution < 1.29 is 23.9 Å². The van der Waals surface area contributed by atoms with Gasteiger partial charge in [-0.2, -0.15) is 5.10 Å². The van der Waals surface area contributed by atoms with Crippen LogP contribution in [0.25, 0.3) is 0 Å². The van der Waals surface area contributed by atoms with Crippen LogP contribution in [-0.4, -0.2) is 30.6 Å². The van der Waals surface area contributed by atoms with Gasteiger partial charge in [0.15, 0.2) is 0 Å². The van der Waals surface area contributed by atoms with E-state index in [9.17, 15) is 14.4 Å². The lowest BCUT2D eigenvalue weighted by atomic mass is 10.2. The molecule has 0 aromatic heterocycles. The van der Waals surface area contributed by atoms with Gasteiger partial charge in [-0.15, -0.1) is 0 Å². The molecule has 0 fully saturated rings. The fourth-order valence-corrected chi connectivity index (χ4v) is 2.97. The van der Waals surface area contributed by atoms with Gasteiger partial charge in [-0.3, -0.25) is 9.59 Å². The highest BCUT2D eigenvalue weighted by molar-refractivity contribution is 6.42. The van der Waals surface area contributed by atoms with E-state index < -0.39 is 17.8 Å². The van der Waals surface area contributed by atoms with Crippen LogP contribution in [0.15, 0.2) is 71.8 Å². The highest BCUT2D eigenvalue weighted by atomic mass is 35.5. The van der Waals surface area contributed by atoms with Crippen LogP contribution in [0, 0.1) is 0 Å². The zero-order valence-electron chi connectivity index (χ0n) is 17.9. The van der Waals surface area contributed by atoms with E-state index in [1.165, 1.54) is 18.3 Å². The Hall–Kier alpha value is -3.88. The van der Waals surface area contributed by atoms with Gasteiger partial charge >= 0.3 is 17.8 Å². The van der Waals surface area contributed by atoms with Gasteiger partial charge in [0.05, 0.1) is 29.1 Å². The summed E-state index contributed by atoms with van der Waals surface area (Å²) in [6.07, 6.45) is 1.33. The van der Waals surface area contributed by atoms with Gasteiger partial charge in [0.25, 0.3) is 0 Å². The molecular weight excluding hydrogens is 481 g/mol. The minimum atomic E-state index is -0.992. The first-order valence-corrected chi connectivity index (χ1v) is 10.8. The Balaban J connectivity index is 1.51. The molecule has 0 aliphatic rings. The molecule has 3 rings (SSSR count). The number of nitrogens with one attached hydrogen (secondary N) is 2. The minimum absolute atomic E-state index is 0.202. The van der Waals surface area contributed by atoms with E-state index in [4.69, 9.17) is 32.7 Å². The molecule has 3 aromatic rings. The fraction of sp³-hybridized carbons (Fsp3) is 0.0833. The third-order valence-corrected chi connectivity index (χ3v) is 4.82. The second-order valence-corrected chi connectivity index (χ2v) is 7.54. The highest BCUT2D eigenvalue weighted by Crippen LogP contribution is 2.25. The van der Waals surface area contributed by atoms with Crippen molar-refractivity contribution in [2.45, 2.75) is 6.92 Å². The van der Waals surface area contributed by atoms with Crippen molar-refractivity contribution in [2.75, 3.05) is 11.9 Å². The van der Waals surface area contributed by atoms with Crippen molar-refractivity contribution in [3.05, 3.63) is 87.9 Å². The molecule has 0 bridgehead atoms. The predicted octanol–water partition coefficient (Wildman–Crippen LogP) is 4.70. The van der Waals surface area contributed by atoms with E-state index in [0.717, 1.165) is 0 Å². The number of carbonyl (C=O) groups is 3. The quantitative estimate of drug-likeness (QED) is 0.161. The largest absolute Gasteiger partial charge is 0.494 e. The Morgan fingerprint density at radius 3 is 2.26 bits per heavy atom. The Morgan fingerprint density at radius 2 is 1.59 bits per heavy atom. The molecule has 0 heterocycles. The molecule has 0 aliphatic heterocycles. The molecule has 0 saturated heterocycles. The first kappa shape index (κ1) is 24.8. The third-order valence-electron chi connectivity index (χ3n) is 4.25. The van der Waals surface area contributed by atoms with Crippen molar-refractivity contribution in [3.8, 4) is 11.5 Å². The van der Waals surface area contributed by atoms with E-state index in [1.807, 2.05) is 6.92 Å². The highest BCUT2D eigenvalue weighted by Gasteiger charge is 2.15. The molecule has 0 spiro atoms. The number of rotatable bonds is 7. The predicted molar refractivity (Wildman–Crippen MR) is 130 cm³/mol. The molecule has 2 N–H and O–H groups in total. The Labute approximate surface area is 205 Å². The van der Waals surface area contributed by atoms with Crippen molar-refractivity contribution in [1.29, 1.82) is 0 Å². The molecule has 174 valence electrons. The SMILES string of the molecule is CCOc1ccc(C(=O)Oc2ccc(/C=N/NC(=O)C(=O)Nc3cc(Cl)ccc3Cl)cc2)cc1. The molecule has 0 unspecified atom stereocenters. The molecular formula is C24H19Cl2N3O5. The number of halogens is 2. The molecule has 0 radical (unpaired) electrons. The van der Waals surface area contributed by atoms with E-state index >= 15 is 0 Å². The van der Waals surface area contributed by atoms with Gasteiger partial charge in [0.2, 0.25) is 0 Å². The summed E-state index contributed by atoms with van der Waals surface area (Å²) < 4.78 is 10.7. The van der Waals surface area contributed by atoms with E-state index in [1.54, 1.807) is 54.6 Å². The van der Waals surface area contributed by atoms with Crippen molar-refractivity contribution in [3.63, 3.8) is 0 Å². The summed E-state index contributed by atoms with van der Waals surface area (Å²) in [6, 6.07) is 17.5. The Morgan fingerprint density at radius 1 is 0.912 bits per heavy atom. The summed E-state index contributed by atoms with van der Waals surface area (Å²) in [6.45, 7) is 2.41. The van der Waals surface area contributed by atoms with Gasteiger partial charge < -0.3 is 14.8 Å². The second-order valence-electron chi connectivity index (χ2n) is 6.69. The fourth-order valence-electron chi connectivity index (χ4n) is 2.63. The molecule has 2 amide bonds. The monoisotopic (exact) mass is 499 g/mol. The standard InChI is InChI=1S/C24H19Cl2N3O5/c1-2-33-18-10-5-16(6-11-18)24(32)34-19-8-3-15(4-9-19)14-27-29-23(31)22(30)28-21-13-17(25)7-12-20(21)26/h3-14H,2H2,1H3,(H,28,30)(H,29,31)/b27-14+. The summed E-state index contributed by atoms with van der Waals surface area (Å²) >= 11 is 11.8. The topological polar surface area (TPSA) is 106 Å². The third kappa shape index (κ3) is 7.06. The van der Waals surface area contributed by atoms with Crippen molar-refractivity contribution >= 4 is 52.9 Å². The summed E-state index contributed by atoms with van der Waals surface area (Å²) in [7, 11) is 0. The maximum absolute atomic E-state index is 12.3. The molecule has 3 aromatic carbocycles. The van der Waals surface area contributed by atoms with Gasteiger partial charge in [-0.1, -0.05) is 23.2 Å². The van der Waals surface area contributed by atoms with Crippen LogP contribution in [0.2, 0.25) is 10.0 Å². The smallest absolute Gasteiger partial charge is 0.343 e. The van der Waals surface area contributed by atoms with Crippen LogP contribution in [0.3, 0.4) is 0 Å². The zero-order chi connectivity index (χ0) is 24.5. The van der Waals surface area contributed by atoms with E-state index in [2.05, 4.69) is 15.8 Å². The number of benzene rings is 3. The average Bonchev–Trinajstić information content (AvgIpc) is 2.83. The van der Waals surface area contributed by atoms with Crippen molar-refractivity contribution in [1.82, 2.24) is 5.43 Å². The summed E-state index contributed by atoms with van der Waals surface area (Å²) in [5.41, 5.74) is 3.30. The molecule has 0 aliphatic carbocycles. The number of ether oxygens (including phenoxy) is 2. The average molecular weight is 500 g/mol. The van der Waals surface area contributed by atoms with Crippen LogP contribution in [-0.2, 0) is 9.59 Å². The van der Waals surface area contributed by atoms with Crippen molar-refractivity contribution in [2.24, 2.45) is 5.10 Å². The van der Waals surface area contributed by atoms with Gasteiger partial charge in [-0.25, -0.2) is 10.2 Å². The first-order valence-electron chi connectivity index (χ1n) is 10.00. The molecule has 8 nitrogen and oxygen atoms in total. The number of hydrogen-bond acceptors (Lipinski definition) is 6. The first-order chi connectivity index (χ1) is 16.4. The molecule has 0 atom stereocenters. The lowest BCUT2D eigenvalue weighted by Gasteiger charge is -2.07.